The molecule has 1 aliphatic rings. The van der Waals surface area contributed by atoms with Crippen LogP contribution < -0.4 is 5.32 Å². The largest absolute Gasteiger partial charge is 0.444 e. The molecule has 1 fully saturated rings. The van der Waals surface area contributed by atoms with Crippen LogP contribution in [0.3, 0.4) is 0 Å². The van der Waals surface area contributed by atoms with Crippen LogP contribution in [0.25, 0.3) is 6.08 Å². The Balaban J connectivity index is 2.08. The first-order chi connectivity index (χ1) is 14.5. The van der Waals surface area contributed by atoms with Crippen molar-refractivity contribution in [1.29, 1.82) is 0 Å². The Morgan fingerprint density at radius 1 is 1.19 bits per heavy atom. The standard InChI is InChI=1S/C25H35NO5/c1-23(2,3)31-22(28)26-25(18-29-24(4,5)30-19-25)16-15-21-13-11-20(12-14-21)10-8-6-7-9-17-27/h11-16,27H,6-7,9,17-19H2,1-5H3,(H,26,28)/b16-15+. The Morgan fingerprint density at radius 3 is 2.42 bits per heavy atom. The van der Waals surface area contributed by atoms with Crippen molar-refractivity contribution in [3.05, 3.63) is 41.5 Å². The van der Waals surface area contributed by atoms with E-state index in [1.165, 1.54) is 0 Å². The zero-order valence-electron chi connectivity index (χ0n) is 19.3. The number of rotatable bonds is 6. The maximum atomic E-state index is 12.4. The minimum atomic E-state index is -0.830. The zero-order chi connectivity index (χ0) is 23.0. The van der Waals surface area contributed by atoms with Crippen LogP contribution in [0.15, 0.2) is 30.3 Å². The van der Waals surface area contributed by atoms with Crippen LogP contribution in [0.2, 0.25) is 0 Å². The van der Waals surface area contributed by atoms with Crippen molar-refractivity contribution in [3.8, 4) is 11.8 Å². The number of carbonyl (C=O) groups is 1. The molecule has 1 aromatic carbocycles. The first-order valence-corrected chi connectivity index (χ1v) is 10.7. The van der Waals surface area contributed by atoms with Crippen LogP contribution in [-0.4, -0.2) is 47.9 Å². The van der Waals surface area contributed by atoms with Gasteiger partial charge in [0.1, 0.15) is 11.1 Å². The SMILES string of the molecule is CC(C)(C)OC(=O)NC1(/C=C/c2ccc(C#CCCCCO)cc2)COC(C)(C)OC1. The molecule has 2 rings (SSSR count). The predicted octanol–water partition coefficient (Wildman–Crippen LogP) is 4.26. The quantitative estimate of drug-likeness (QED) is 0.522. The summed E-state index contributed by atoms with van der Waals surface area (Å²) in [6.45, 7) is 9.91. The molecule has 0 aliphatic carbocycles. The Kier molecular flexibility index (Phi) is 8.69. The van der Waals surface area contributed by atoms with Gasteiger partial charge >= 0.3 is 6.09 Å². The monoisotopic (exact) mass is 429 g/mol. The van der Waals surface area contributed by atoms with Crippen molar-refractivity contribution in [2.45, 2.75) is 70.8 Å². The Labute approximate surface area is 186 Å². The molecular weight excluding hydrogens is 394 g/mol. The Bertz CT molecular complexity index is 799. The molecule has 1 saturated heterocycles. The predicted molar refractivity (Wildman–Crippen MR) is 121 cm³/mol. The van der Waals surface area contributed by atoms with Gasteiger partial charge < -0.3 is 24.6 Å². The summed E-state index contributed by atoms with van der Waals surface area (Å²) >= 11 is 0. The van der Waals surface area contributed by atoms with Gasteiger partial charge in [0.2, 0.25) is 0 Å². The van der Waals surface area contributed by atoms with Crippen LogP contribution >= 0.6 is 0 Å². The summed E-state index contributed by atoms with van der Waals surface area (Å²) in [6, 6.07) is 7.88. The Hall–Kier alpha value is -2.33. The van der Waals surface area contributed by atoms with Crippen molar-refractivity contribution in [1.82, 2.24) is 5.32 Å². The molecule has 0 aromatic heterocycles. The summed E-state index contributed by atoms with van der Waals surface area (Å²) < 4.78 is 17.1. The number of ether oxygens (including phenoxy) is 3. The number of nitrogens with one attached hydrogen (secondary N) is 1. The fraction of sp³-hybridized carbons (Fsp3) is 0.560. The van der Waals surface area contributed by atoms with Crippen molar-refractivity contribution in [2.75, 3.05) is 19.8 Å². The minimum Gasteiger partial charge on any atom is -0.444 e. The number of amides is 1. The van der Waals surface area contributed by atoms with Gasteiger partial charge in [-0.15, -0.1) is 0 Å². The van der Waals surface area contributed by atoms with Gasteiger partial charge in [-0.25, -0.2) is 4.79 Å². The molecule has 0 bridgehead atoms. The maximum absolute atomic E-state index is 12.4. The summed E-state index contributed by atoms with van der Waals surface area (Å²) in [4.78, 5) is 12.4. The molecule has 1 heterocycles. The van der Waals surface area contributed by atoms with Crippen molar-refractivity contribution in [3.63, 3.8) is 0 Å². The second-order valence-electron chi connectivity index (χ2n) is 9.20. The van der Waals surface area contributed by atoms with E-state index in [0.29, 0.717) is 0 Å². The van der Waals surface area contributed by atoms with E-state index in [0.717, 1.165) is 30.4 Å². The third-order valence-corrected chi connectivity index (χ3v) is 4.55. The molecule has 170 valence electrons. The lowest BCUT2D eigenvalue weighted by molar-refractivity contribution is -0.263. The minimum absolute atomic E-state index is 0.209. The molecule has 2 N–H and O–H groups in total. The average molecular weight is 430 g/mol. The van der Waals surface area contributed by atoms with Gasteiger partial charge in [-0.2, -0.15) is 0 Å². The van der Waals surface area contributed by atoms with Gasteiger partial charge in [-0.1, -0.05) is 36.1 Å². The summed E-state index contributed by atoms with van der Waals surface area (Å²) in [5, 5.41) is 11.7. The highest BCUT2D eigenvalue weighted by atomic mass is 16.7. The molecule has 1 amide bonds. The smallest absolute Gasteiger partial charge is 0.408 e. The second kappa shape index (κ2) is 10.8. The van der Waals surface area contributed by atoms with Gasteiger partial charge in [0, 0.05) is 18.6 Å². The number of hydrogen-bond donors (Lipinski definition) is 2. The summed E-state index contributed by atoms with van der Waals surface area (Å²) in [7, 11) is 0. The highest BCUT2D eigenvalue weighted by Gasteiger charge is 2.40. The molecule has 0 saturated carbocycles. The maximum Gasteiger partial charge on any atom is 0.408 e. The topological polar surface area (TPSA) is 77.0 Å². The molecule has 0 unspecified atom stereocenters. The number of aliphatic hydroxyl groups excluding tert-OH is 1. The first kappa shape index (κ1) is 24.9. The van der Waals surface area contributed by atoms with Gasteiger partial charge in [-0.05, 0) is 65.2 Å². The average Bonchev–Trinajstić information content (AvgIpc) is 2.68. The summed E-state index contributed by atoms with van der Waals surface area (Å²) in [5.41, 5.74) is 0.484. The van der Waals surface area contributed by atoms with Gasteiger partial charge in [-0.3, -0.25) is 0 Å². The van der Waals surface area contributed by atoms with Crippen LogP contribution in [0, 0.1) is 11.8 Å². The van der Waals surface area contributed by atoms with Crippen LogP contribution in [-0.2, 0) is 14.2 Å². The van der Waals surface area contributed by atoms with Crippen molar-refractivity contribution in [2.24, 2.45) is 0 Å². The third-order valence-electron chi connectivity index (χ3n) is 4.55. The molecule has 0 radical (unpaired) electrons. The normalized spacial score (nSPS) is 17.6. The number of aliphatic hydroxyl groups is 1. The lowest BCUT2D eigenvalue weighted by Gasteiger charge is -2.42. The first-order valence-electron chi connectivity index (χ1n) is 10.7. The number of hydrogen-bond acceptors (Lipinski definition) is 5. The summed E-state index contributed by atoms with van der Waals surface area (Å²) in [5.74, 6) is 5.55. The second-order valence-corrected chi connectivity index (χ2v) is 9.20. The van der Waals surface area contributed by atoms with E-state index in [2.05, 4.69) is 17.2 Å². The lowest BCUT2D eigenvalue weighted by Crippen LogP contribution is -2.60. The molecule has 31 heavy (non-hydrogen) atoms. The van der Waals surface area contributed by atoms with Crippen LogP contribution in [0.4, 0.5) is 4.79 Å². The van der Waals surface area contributed by atoms with E-state index in [4.69, 9.17) is 19.3 Å². The molecule has 0 spiro atoms. The van der Waals surface area contributed by atoms with E-state index < -0.39 is 23.0 Å². The molecule has 0 atom stereocenters. The summed E-state index contributed by atoms with van der Waals surface area (Å²) in [6.07, 6.45) is 5.76. The zero-order valence-corrected chi connectivity index (χ0v) is 19.3. The fourth-order valence-corrected chi connectivity index (χ4v) is 2.83. The molecule has 6 heteroatoms. The van der Waals surface area contributed by atoms with E-state index in [1.54, 1.807) is 0 Å². The molecular formula is C25H35NO5. The number of alkyl carbamates (subject to hydrolysis) is 1. The highest BCUT2D eigenvalue weighted by Crippen LogP contribution is 2.26. The van der Waals surface area contributed by atoms with Crippen molar-refractivity contribution < 1.29 is 24.1 Å². The van der Waals surface area contributed by atoms with Gasteiger partial charge in [0.25, 0.3) is 0 Å². The lowest BCUT2D eigenvalue weighted by atomic mass is 9.98. The van der Waals surface area contributed by atoms with Crippen LogP contribution in [0.1, 0.15) is 65.0 Å². The van der Waals surface area contributed by atoms with E-state index >= 15 is 0 Å². The third kappa shape index (κ3) is 9.14. The Morgan fingerprint density at radius 2 is 1.84 bits per heavy atom. The van der Waals surface area contributed by atoms with E-state index in [-0.39, 0.29) is 19.8 Å². The number of carbonyl (C=O) groups excluding carboxylic acids is 1. The van der Waals surface area contributed by atoms with E-state index in [9.17, 15) is 4.79 Å². The number of benzene rings is 1. The van der Waals surface area contributed by atoms with Gasteiger partial charge in [0.15, 0.2) is 5.79 Å². The van der Waals surface area contributed by atoms with Crippen molar-refractivity contribution >= 4 is 12.2 Å². The molecule has 1 aliphatic heterocycles. The number of unbranched alkanes of at least 4 members (excludes halogenated alkanes) is 2. The van der Waals surface area contributed by atoms with Crippen LogP contribution in [0.5, 0.6) is 0 Å². The van der Waals surface area contributed by atoms with Gasteiger partial charge in [0.05, 0.1) is 13.2 Å². The highest BCUT2D eigenvalue weighted by molar-refractivity contribution is 5.70. The molecule has 6 nitrogen and oxygen atoms in total. The van der Waals surface area contributed by atoms with E-state index in [1.807, 2.05) is 71.0 Å². The fourth-order valence-electron chi connectivity index (χ4n) is 2.83. The molecule has 1 aromatic rings.